The zero-order valence-corrected chi connectivity index (χ0v) is 7.20. The first kappa shape index (κ1) is 8.96. The summed E-state index contributed by atoms with van der Waals surface area (Å²) in [5, 5.41) is 0. The molecule has 1 aromatic carbocycles. The molecule has 1 saturated heterocycles. The first-order valence-corrected chi connectivity index (χ1v) is 4.09. The Morgan fingerprint density at radius 3 is 3.07 bits per heavy atom. The van der Waals surface area contributed by atoms with Crippen molar-refractivity contribution in [2.75, 3.05) is 6.61 Å². The monoisotopic (exact) mass is 197 g/mol. The van der Waals surface area contributed by atoms with Crippen LogP contribution in [0.25, 0.3) is 0 Å². The Morgan fingerprint density at radius 2 is 2.36 bits per heavy atom. The van der Waals surface area contributed by atoms with E-state index < -0.39 is 12.2 Å². The SMILES string of the molecule is O=C1NOCC(c2cccc(F)c2)O1. The minimum atomic E-state index is -0.662. The lowest BCUT2D eigenvalue weighted by Gasteiger charge is -2.22. The van der Waals surface area contributed by atoms with E-state index in [2.05, 4.69) is 0 Å². The average molecular weight is 197 g/mol. The summed E-state index contributed by atoms with van der Waals surface area (Å²) in [4.78, 5) is 15.5. The summed E-state index contributed by atoms with van der Waals surface area (Å²) >= 11 is 0. The predicted molar refractivity (Wildman–Crippen MR) is 44.7 cm³/mol. The van der Waals surface area contributed by atoms with Crippen LogP contribution in [-0.4, -0.2) is 12.7 Å². The van der Waals surface area contributed by atoms with E-state index in [1.165, 1.54) is 12.1 Å². The molecule has 1 aromatic rings. The van der Waals surface area contributed by atoms with E-state index in [-0.39, 0.29) is 12.4 Å². The fourth-order valence-corrected chi connectivity index (χ4v) is 1.23. The largest absolute Gasteiger partial charge is 0.437 e. The molecule has 1 aliphatic heterocycles. The van der Waals surface area contributed by atoms with Gasteiger partial charge in [-0.05, 0) is 17.7 Å². The van der Waals surface area contributed by atoms with E-state index in [9.17, 15) is 9.18 Å². The van der Waals surface area contributed by atoms with Gasteiger partial charge in [-0.2, -0.15) is 5.48 Å². The quantitative estimate of drug-likeness (QED) is 0.742. The number of ether oxygens (including phenoxy) is 1. The Balaban J connectivity index is 2.17. The van der Waals surface area contributed by atoms with Gasteiger partial charge in [-0.25, -0.2) is 9.18 Å². The van der Waals surface area contributed by atoms with Crippen molar-refractivity contribution in [3.8, 4) is 0 Å². The minimum Gasteiger partial charge on any atom is -0.437 e. The Morgan fingerprint density at radius 1 is 1.50 bits per heavy atom. The van der Waals surface area contributed by atoms with Gasteiger partial charge in [0.1, 0.15) is 12.4 Å². The molecule has 2 rings (SSSR count). The molecule has 14 heavy (non-hydrogen) atoms. The molecular weight excluding hydrogens is 189 g/mol. The molecular formula is C9H8FNO3. The summed E-state index contributed by atoms with van der Waals surface area (Å²) in [7, 11) is 0. The van der Waals surface area contributed by atoms with E-state index in [4.69, 9.17) is 9.57 Å². The predicted octanol–water partition coefficient (Wildman–Crippen LogP) is 1.54. The molecule has 5 heteroatoms. The molecule has 1 atom stereocenters. The second-order valence-electron chi connectivity index (χ2n) is 2.86. The topological polar surface area (TPSA) is 47.6 Å². The van der Waals surface area contributed by atoms with Crippen LogP contribution in [0, 0.1) is 5.82 Å². The molecule has 0 aromatic heterocycles. The maximum Gasteiger partial charge on any atom is 0.432 e. The highest BCUT2D eigenvalue weighted by Gasteiger charge is 2.22. The van der Waals surface area contributed by atoms with Gasteiger partial charge in [0.2, 0.25) is 0 Å². The summed E-state index contributed by atoms with van der Waals surface area (Å²) in [6, 6.07) is 5.87. The highest BCUT2D eigenvalue weighted by atomic mass is 19.1. The van der Waals surface area contributed by atoms with Crippen molar-refractivity contribution < 1.29 is 18.8 Å². The number of rotatable bonds is 1. The van der Waals surface area contributed by atoms with E-state index in [0.29, 0.717) is 5.56 Å². The third-order valence-electron chi connectivity index (χ3n) is 1.86. The van der Waals surface area contributed by atoms with Gasteiger partial charge in [-0.3, -0.25) is 4.84 Å². The zero-order valence-electron chi connectivity index (χ0n) is 7.20. The van der Waals surface area contributed by atoms with Crippen LogP contribution >= 0.6 is 0 Å². The zero-order chi connectivity index (χ0) is 9.97. The summed E-state index contributed by atoms with van der Waals surface area (Å²) in [5.74, 6) is -0.364. The average Bonchev–Trinajstić information content (AvgIpc) is 2.18. The van der Waals surface area contributed by atoms with Gasteiger partial charge < -0.3 is 4.74 Å². The van der Waals surface area contributed by atoms with Crippen molar-refractivity contribution in [3.05, 3.63) is 35.6 Å². The summed E-state index contributed by atoms with van der Waals surface area (Å²) in [6.07, 6.45) is -1.20. The molecule has 0 spiro atoms. The van der Waals surface area contributed by atoms with E-state index in [1.54, 1.807) is 12.1 Å². The first-order chi connectivity index (χ1) is 6.75. The van der Waals surface area contributed by atoms with Gasteiger partial charge in [-0.1, -0.05) is 12.1 Å². The van der Waals surface area contributed by atoms with E-state index in [1.807, 2.05) is 5.48 Å². The highest BCUT2D eigenvalue weighted by Crippen LogP contribution is 2.20. The first-order valence-electron chi connectivity index (χ1n) is 4.09. The number of amides is 1. The number of nitrogens with one attached hydrogen (secondary N) is 1. The maximum absolute atomic E-state index is 12.8. The molecule has 74 valence electrons. The number of halogens is 1. The van der Waals surface area contributed by atoms with Gasteiger partial charge in [0, 0.05) is 0 Å². The molecule has 1 amide bonds. The van der Waals surface area contributed by atoms with Crippen LogP contribution in [0.3, 0.4) is 0 Å². The smallest absolute Gasteiger partial charge is 0.432 e. The van der Waals surface area contributed by atoms with Crippen LogP contribution in [0.5, 0.6) is 0 Å². The summed E-state index contributed by atoms with van der Waals surface area (Å²) in [6.45, 7) is 0.176. The molecule has 0 aliphatic carbocycles. The van der Waals surface area contributed by atoms with E-state index in [0.717, 1.165) is 0 Å². The van der Waals surface area contributed by atoms with Crippen LogP contribution < -0.4 is 5.48 Å². The fraction of sp³-hybridized carbons (Fsp3) is 0.222. The third kappa shape index (κ3) is 1.82. The van der Waals surface area contributed by atoms with Crippen LogP contribution in [0.4, 0.5) is 9.18 Å². The number of benzene rings is 1. The van der Waals surface area contributed by atoms with Crippen LogP contribution in [0.15, 0.2) is 24.3 Å². The van der Waals surface area contributed by atoms with Gasteiger partial charge in [0.25, 0.3) is 0 Å². The highest BCUT2D eigenvalue weighted by molar-refractivity contribution is 5.66. The Labute approximate surface area is 79.6 Å². The molecule has 1 heterocycles. The molecule has 0 saturated carbocycles. The number of cyclic esters (lactones) is 1. The van der Waals surface area contributed by atoms with Crippen molar-refractivity contribution in [3.63, 3.8) is 0 Å². The molecule has 1 fully saturated rings. The Bertz CT molecular complexity index is 356. The summed E-state index contributed by atoms with van der Waals surface area (Å²) in [5.41, 5.74) is 2.62. The second-order valence-corrected chi connectivity index (χ2v) is 2.86. The molecule has 4 nitrogen and oxygen atoms in total. The number of carbonyl (C=O) groups is 1. The van der Waals surface area contributed by atoms with Crippen LogP contribution in [0.1, 0.15) is 11.7 Å². The molecule has 0 bridgehead atoms. The Hall–Kier alpha value is -1.62. The number of hydroxylamine groups is 1. The van der Waals surface area contributed by atoms with Gasteiger partial charge in [0.15, 0.2) is 6.10 Å². The molecule has 0 radical (unpaired) electrons. The number of hydrogen-bond donors (Lipinski definition) is 1. The van der Waals surface area contributed by atoms with Crippen molar-refractivity contribution in [1.82, 2.24) is 5.48 Å². The standard InChI is InChI=1S/C9H8FNO3/c10-7-3-1-2-6(4-7)8-5-13-11-9(12)14-8/h1-4,8H,5H2,(H,11,12). The Kier molecular flexibility index (Phi) is 2.32. The maximum atomic E-state index is 12.8. The normalized spacial score (nSPS) is 21.2. The minimum absolute atomic E-state index is 0.176. The molecule has 1 unspecified atom stereocenters. The third-order valence-corrected chi connectivity index (χ3v) is 1.86. The molecule has 1 N–H and O–H groups in total. The van der Waals surface area contributed by atoms with Gasteiger partial charge >= 0.3 is 6.09 Å². The summed E-state index contributed by atoms with van der Waals surface area (Å²) < 4.78 is 17.7. The number of carbonyl (C=O) groups excluding carboxylic acids is 1. The second kappa shape index (κ2) is 3.63. The molecule has 1 aliphatic rings. The lowest BCUT2D eigenvalue weighted by Crippen LogP contribution is -2.35. The van der Waals surface area contributed by atoms with Gasteiger partial charge in [-0.15, -0.1) is 0 Å². The van der Waals surface area contributed by atoms with Crippen molar-refractivity contribution in [2.45, 2.75) is 6.10 Å². The van der Waals surface area contributed by atoms with E-state index >= 15 is 0 Å². The van der Waals surface area contributed by atoms with Crippen molar-refractivity contribution in [2.24, 2.45) is 0 Å². The van der Waals surface area contributed by atoms with Crippen LogP contribution in [-0.2, 0) is 9.57 Å². The lowest BCUT2D eigenvalue weighted by molar-refractivity contribution is -0.0744. The van der Waals surface area contributed by atoms with Gasteiger partial charge in [0.05, 0.1) is 0 Å². The van der Waals surface area contributed by atoms with Crippen molar-refractivity contribution in [1.29, 1.82) is 0 Å². The van der Waals surface area contributed by atoms with Crippen LogP contribution in [0.2, 0.25) is 0 Å². The lowest BCUT2D eigenvalue weighted by atomic mass is 10.1. The van der Waals surface area contributed by atoms with Crippen molar-refractivity contribution >= 4 is 6.09 Å². The number of hydrogen-bond acceptors (Lipinski definition) is 3. The fourth-order valence-electron chi connectivity index (χ4n) is 1.23.